The molecule has 0 saturated carbocycles. The van der Waals surface area contributed by atoms with E-state index in [2.05, 4.69) is 31.1 Å². The molecule has 0 radical (unpaired) electrons. The number of methoxy groups -OCH3 is 1. The van der Waals surface area contributed by atoms with Crippen LogP contribution in [0.5, 0.6) is 0 Å². The molecule has 1 heterocycles. The molecule has 3 heteroatoms. The zero-order chi connectivity index (χ0) is 12.7. The first-order valence-corrected chi connectivity index (χ1v) is 7.07. The maximum absolute atomic E-state index is 5.26. The van der Waals surface area contributed by atoms with Crippen LogP contribution in [0.2, 0.25) is 0 Å². The molecule has 3 nitrogen and oxygen atoms in total. The molecule has 1 aliphatic heterocycles. The summed E-state index contributed by atoms with van der Waals surface area (Å²) in [7, 11) is 4.05. The van der Waals surface area contributed by atoms with E-state index in [1.165, 1.54) is 32.2 Å². The van der Waals surface area contributed by atoms with Crippen LogP contribution in [-0.4, -0.2) is 50.8 Å². The van der Waals surface area contributed by atoms with Gasteiger partial charge >= 0.3 is 0 Å². The minimum atomic E-state index is 0.494. The molecule has 2 atom stereocenters. The van der Waals surface area contributed by atoms with Crippen molar-refractivity contribution >= 4 is 0 Å². The number of hydrogen-bond acceptors (Lipinski definition) is 3. The van der Waals surface area contributed by atoms with Gasteiger partial charge in [0, 0.05) is 19.2 Å². The fraction of sp³-hybridized carbons (Fsp3) is 1.00. The lowest BCUT2D eigenvalue weighted by atomic mass is 9.99. The SMILES string of the molecule is COCC(NCCC1CCCCN1C)C(C)C. The van der Waals surface area contributed by atoms with E-state index in [1.54, 1.807) is 7.11 Å². The minimum Gasteiger partial charge on any atom is -0.383 e. The average molecular weight is 242 g/mol. The summed E-state index contributed by atoms with van der Waals surface area (Å²) >= 11 is 0. The number of nitrogens with one attached hydrogen (secondary N) is 1. The second-order valence-corrected chi connectivity index (χ2v) is 5.68. The lowest BCUT2D eigenvalue weighted by Gasteiger charge is -2.33. The van der Waals surface area contributed by atoms with Gasteiger partial charge in [-0.25, -0.2) is 0 Å². The highest BCUT2D eigenvalue weighted by atomic mass is 16.5. The highest BCUT2D eigenvalue weighted by molar-refractivity contribution is 4.77. The van der Waals surface area contributed by atoms with E-state index in [9.17, 15) is 0 Å². The van der Waals surface area contributed by atoms with Crippen LogP contribution < -0.4 is 5.32 Å². The van der Waals surface area contributed by atoms with Crippen molar-refractivity contribution in [2.75, 3.05) is 33.9 Å². The van der Waals surface area contributed by atoms with Crippen molar-refractivity contribution in [1.82, 2.24) is 10.2 Å². The summed E-state index contributed by atoms with van der Waals surface area (Å²) in [5.74, 6) is 0.638. The van der Waals surface area contributed by atoms with Gasteiger partial charge in [-0.05, 0) is 45.3 Å². The van der Waals surface area contributed by atoms with Crippen molar-refractivity contribution in [2.45, 2.75) is 51.6 Å². The Balaban J connectivity index is 2.20. The Morgan fingerprint density at radius 2 is 2.12 bits per heavy atom. The lowest BCUT2D eigenvalue weighted by Crippen LogP contribution is -2.42. The Bertz CT molecular complexity index is 193. The van der Waals surface area contributed by atoms with Crippen LogP contribution in [0, 0.1) is 5.92 Å². The number of hydrogen-bond donors (Lipinski definition) is 1. The third kappa shape index (κ3) is 5.36. The molecule has 0 bridgehead atoms. The summed E-state index contributed by atoms with van der Waals surface area (Å²) in [6.07, 6.45) is 5.41. The molecule has 2 unspecified atom stereocenters. The summed E-state index contributed by atoms with van der Waals surface area (Å²) < 4.78 is 5.26. The third-order valence-corrected chi connectivity index (χ3v) is 3.96. The van der Waals surface area contributed by atoms with E-state index in [4.69, 9.17) is 4.74 Å². The molecule has 0 amide bonds. The van der Waals surface area contributed by atoms with Gasteiger partial charge in [-0.2, -0.15) is 0 Å². The van der Waals surface area contributed by atoms with Gasteiger partial charge in [0.25, 0.3) is 0 Å². The van der Waals surface area contributed by atoms with Crippen LogP contribution in [0.4, 0.5) is 0 Å². The van der Waals surface area contributed by atoms with Crippen LogP contribution in [0.1, 0.15) is 39.5 Å². The molecule has 1 N–H and O–H groups in total. The smallest absolute Gasteiger partial charge is 0.0618 e. The van der Waals surface area contributed by atoms with Gasteiger partial charge in [-0.15, -0.1) is 0 Å². The molecule has 17 heavy (non-hydrogen) atoms. The van der Waals surface area contributed by atoms with Crippen LogP contribution >= 0.6 is 0 Å². The number of ether oxygens (including phenoxy) is 1. The molecule has 1 aliphatic rings. The molecule has 0 spiro atoms. The number of piperidine rings is 1. The van der Waals surface area contributed by atoms with E-state index in [0.29, 0.717) is 12.0 Å². The molecule has 1 fully saturated rings. The monoisotopic (exact) mass is 242 g/mol. The highest BCUT2D eigenvalue weighted by Crippen LogP contribution is 2.17. The van der Waals surface area contributed by atoms with Crippen molar-refractivity contribution < 1.29 is 4.74 Å². The molecule has 0 aromatic carbocycles. The maximum atomic E-state index is 5.26. The Morgan fingerprint density at radius 3 is 2.71 bits per heavy atom. The summed E-state index contributed by atoms with van der Waals surface area (Å²) in [4.78, 5) is 2.52. The second kappa shape index (κ2) is 8.06. The fourth-order valence-electron chi connectivity index (χ4n) is 2.61. The standard InChI is InChI=1S/C14H30N2O/c1-12(2)14(11-17-4)15-9-8-13-7-5-6-10-16(13)3/h12-15H,5-11H2,1-4H3. The quantitative estimate of drug-likeness (QED) is 0.740. The van der Waals surface area contributed by atoms with Gasteiger partial charge in [-0.1, -0.05) is 20.3 Å². The molecule has 1 rings (SSSR count). The zero-order valence-electron chi connectivity index (χ0n) is 12.0. The van der Waals surface area contributed by atoms with Gasteiger partial charge < -0.3 is 15.0 Å². The molecular weight excluding hydrogens is 212 g/mol. The van der Waals surface area contributed by atoms with Crippen molar-refractivity contribution in [3.05, 3.63) is 0 Å². The van der Waals surface area contributed by atoms with Crippen molar-refractivity contribution in [1.29, 1.82) is 0 Å². The van der Waals surface area contributed by atoms with Crippen molar-refractivity contribution in [3.8, 4) is 0 Å². The number of likely N-dealkylation sites (tertiary alicyclic amines) is 1. The van der Waals surface area contributed by atoms with Crippen molar-refractivity contribution in [3.63, 3.8) is 0 Å². The van der Waals surface area contributed by atoms with Crippen LogP contribution in [0.3, 0.4) is 0 Å². The van der Waals surface area contributed by atoms with Gasteiger partial charge in [0.05, 0.1) is 6.61 Å². The van der Waals surface area contributed by atoms with Gasteiger partial charge in [0.2, 0.25) is 0 Å². The fourth-order valence-corrected chi connectivity index (χ4v) is 2.61. The Morgan fingerprint density at radius 1 is 1.35 bits per heavy atom. The van der Waals surface area contributed by atoms with Crippen LogP contribution in [0.15, 0.2) is 0 Å². The first-order valence-electron chi connectivity index (χ1n) is 7.07. The first kappa shape index (κ1) is 14.9. The molecular formula is C14H30N2O. The maximum Gasteiger partial charge on any atom is 0.0618 e. The summed E-state index contributed by atoms with van der Waals surface area (Å²) in [5.41, 5.74) is 0. The third-order valence-electron chi connectivity index (χ3n) is 3.96. The normalized spacial score (nSPS) is 24.2. The largest absolute Gasteiger partial charge is 0.383 e. The van der Waals surface area contributed by atoms with E-state index < -0.39 is 0 Å². The summed E-state index contributed by atoms with van der Waals surface area (Å²) in [5, 5.41) is 3.64. The highest BCUT2D eigenvalue weighted by Gasteiger charge is 2.19. The van der Waals surface area contributed by atoms with E-state index >= 15 is 0 Å². The summed E-state index contributed by atoms with van der Waals surface area (Å²) in [6, 6.07) is 1.28. The topological polar surface area (TPSA) is 24.5 Å². The zero-order valence-corrected chi connectivity index (χ0v) is 12.0. The number of nitrogens with zero attached hydrogens (tertiary/aromatic N) is 1. The predicted octanol–water partition coefficient (Wildman–Crippen LogP) is 2.12. The van der Waals surface area contributed by atoms with Crippen LogP contribution in [0.25, 0.3) is 0 Å². The van der Waals surface area contributed by atoms with Gasteiger partial charge in [0.1, 0.15) is 0 Å². The molecule has 1 saturated heterocycles. The molecule has 102 valence electrons. The minimum absolute atomic E-state index is 0.494. The van der Waals surface area contributed by atoms with Gasteiger partial charge in [0.15, 0.2) is 0 Å². The Hall–Kier alpha value is -0.120. The molecule has 0 aliphatic carbocycles. The van der Waals surface area contributed by atoms with E-state index in [-0.39, 0.29) is 0 Å². The summed E-state index contributed by atoms with van der Waals surface area (Å²) in [6.45, 7) is 7.71. The molecule has 0 aromatic rings. The first-order chi connectivity index (χ1) is 8.15. The molecule has 0 aromatic heterocycles. The Kier molecular flexibility index (Phi) is 7.09. The van der Waals surface area contributed by atoms with Crippen molar-refractivity contribution in [2.24, 2.45) is 5.92 Å². The lowest BCUT2D eigenvalue weighted by molar-refractivity contribution is 0.139. The van der Waals surface area contributed by atoms with E-state index in [0.717, 1.165) is 19.2 Å². The van der Waals surface area contributed by atoms with E-state index in [1.807, 2.05) is 0 Å². The number of rotatable bonds is 7. The predicted molar refractivity (Wildman–Crippen MR) is 73.4 cm³/mol. The Labute approximate surface area is 107 Å². The second-order valence-electron chi connectivity index (χ2n) is 5.68. The average Bonchev–Trinajstić information content (AvgIpc) is 2.30. The van der Waals surface area contributed by atoms with Crippen LogP contribution in [-0.2, 0) is 4.74 Å². The van der Waals surface area contributed by atoms with Gasteiger partial charge in [-0.3, -0.25) is 0 Å².